The van der Waals surface area contributed by atoms with Crippen LogP contribution in [-0.4, -0.2) is 18.0 Å². The first-order valence-electron chi connectivity index (χ1n) is 5.86. The molecule has 0 atom stereocenters. The molecule has 4 heteroatoms. The minimum Gasteiger partial charge on any atom is -0.459 e. The van der Waals surface area contributed by atoms with Gasteiger partial charge < -0.3 is 10.5 Å². The van der Waals surface area contributed by atoms with Gasteiger partial charge >= 0.3 is 5.97 Å². The fraction of sp³-hybridized carbons (Fsp3) is 0.667. The molecule has 0 radical (unpaired) electrons. The number of primary amides is 1. The van der Waals surface area contributed by atoms with Gasteiger partial charge in [-0.2, -0.15) is 0 Å². The highest BCUT2D eigenvalue weighted by atomic mass is 16.5. The Hall–Kier alpha value is -1.32. The Balaban J connectivity index is 2.33. The van der Waals surface area contributed by atoms with Crippen molar-refractivity contribution in [2.75, 3.05) is 0 Å². The fourth-order valence-electron chi connectivity index (χ4n) is 1.89. The van der Waals surface area contributed by atoms with Crippen LogP contribution in [0.15, 0.2) is 12.2 Å². The van der Waals surface area contributed by atoms with E-state index in [0.29, 0.717) is 0 Å². The van der Waals surface area contributed by atoms with E-state index in [0.717, 1.165) is 37.8 Å². The van der Waals surface area contributed by atoms with Crippen LogP contribution in [0.25, 0.3) is 0 Å². The molecule has 0 aliphatic heterocycles. The number of ether oxygens (including phenoxy) is 1. The molecular formula is C12H19NO3. The first-order valence-corrected chi connectivity index (χ1v) is 5.86. The predicted molar refractivity (Wildman–Crippen MR) is 60.5 cm³/mol. The highest BCUT2D eigenvalue weighted by Gasteiger charge is 2.14. The standard InChI is InChI=1S/C12H19NO3/c13-11(14)8-9-12(15)16-10-6-4-2-1-3-5-7-10/h8-10H,1-7H2,(H2,13,14)/b9-8-. The molecule has 1 rings (SSSR count). The number of rotatable bonds is 3. The second-order valence-electron chi connectivity index (χ2n) is 4.14. The van der Waals surface area contributed by atoms with Crippen LogP contribution in [0.4, 0.5) is 0 Å². The van der Waals surface area contributed by atoms with Crippen molar-refractivity contribution in [2.24, 2.45) is 5.73 Å². The predicted octanol–water partition coefficient (Wildman–Crippen LogP) is 1.68. The van der Waals surface area contributed by atoms with Crippen molar-refractivity contribution in [1.29, 1.82) is 0 Å². The van der Waals surface area contributed by atoms with Crippen molar-refractivity contribution >= 4 is 11.9 Å². The van der Waals surface area contributed by atoms with Crippen LogP contribution >= 0.6 is 0 Å². The van der Waals surface area contributed by atoms with Gasteiger partial charge in [0.05, 0.1) is 0 Å². The van der Waals surface area contributed by atoms with Gasteiger partial charge in [0.1, 0.15) is 6.10 Å². The summed E-state index contributed by atoms with van der Waals surface area (Å²) in [6, 6.07) is 0. The van der Waals surface area contributed by atoms with E-state index in [1.165, 1.54) is 19.3 Å². The summed E-state index contributed by atoms with van der Waals surface area (Å²) in [5.41, 5.74) is 4.89. The van der Waals surface area contributed by atoms with Crippen LogP contribution < -0.4 is 5.73 Å². The lowest BCUT2D eigenvalue weighted by atomic mass is 9.99. The van der Waals surface area contributed by atoms with E-state index in [-0.39, 0.29) is 6.10 Å². The second kappa shape index (κ2) is 7.04. The molecule has 0 aromatic rings. The van der Waals surface area contributed by atoms with Crippen molar-refractivity contribution in [1.82, 2.24) is 0 Å². The summed E-state index contributed by atoms with van der Waals surface area (Å²) in [5, 5.41) is 0. The molecule has 90 valence electrons. The number of nitrogens with two attached hydrogens (primary N) is 1. The van der Waals surface area contributed by atoms with Gasteiger partial charge in [0.2, 0.25) is 5.91 Å². The molecule has 1 amide bonds. The topological polar surface area (TPSA) is 69.4 Å². The van der Waals surface area contributed by atoms with Crippen LogP contribution in [0.5, 0.6) is 0 Å². The van der Waals surface area contributed by atoms with Gasteiger partial charge in [-0.1, -0.05) is 19.3 Å². The van der Waals surface area contributed by atoms with Gasteiger partial charge in [0.15, 0.2) is 0 Å². The van der Waals surface area contributed by atoms with Gasteiger partial charge in [-0.15, -0.1) is 0 Å². The van der Waals surface area contributed by atoms with Crippen LogP contribution in [0, 0.1) is 0 Å². The summed E-state index contributed by atoms with van der Waals surface area (Å²) >= 11 is 0. The van der Waals surface area contributed by atoms with E-state index in [2.05, 4.69) is 0 Å². The quantitative estimate of drug-likeness (QED) is 0.587. The molecule has 0 aromatic heterocycles. The summed E-state index contributed by atoms with van der Waals surface area (Å²) < 4.78 is 5.24. The number of amides is 1. The largest absolute Gasteiger partial charge is 0.459 e. The van der Waals surface area contributed by atoms with Gasteiger partial charge in [0, 0.05) is 12.2 Å². The first-order chi connectivity index (χ1) is 7.68. The molecule has 0 saturated heterocycles. The smallest absolute Gasteiger partial charge is 0.331 e. The molecule has 1 fully saturated rings. The Morgan fingerprint density at radius 3 is 2.12 bits per heavy atom. The summed E-state index contributed by atoms with van der Waals surface area (Å²) in [4.78, 5) is 21.7. The number of hydrogen-bond acceptors (Lipinski definition) is 3. The van der Waals surface area contributed by atoms with E-state index in [1.54, 1.807) is 0 Å². The Labute approximate surface area is 95.8 Å². The Kier molecular flexibility index (Phi) is 5.61. The molecule has 4 nitrogen and oxygen atoms in total. The second-order valence-corrected chi connectivity index (χ2v) is 4.14. The average molecular weight is 225 g/mol. The normalized spacial score (nSPS) is 19.0. The molecule has 1 saturated carbocycles. The van der Waals surface area contributed by atoms with Crippen molar-refractivity contribution < 1.29 is 14.3 Å². The molecule has 0 aromatic carbocycles. The van der Waals surface area contributed by atoms with Crippen molar-refractivity contribution in [3.63, 3.8) is 0 Å². The summed E-state index contributed by atoms with van der Waals surface area (Å²) in [6.45, 7) is 0. The summed E-state index contributed by atoms with van der Waals surface area (Å²) in [7, 11) is 0. The maximum atomic E-state index is 11.3. The number of carbonyl (C=O) groups is 2. The zero-order valence-electron chi connectivity index (χ0n) is 9.48. The highest BCUT2D eigenvalue weighted by molar-refractivity contribution is 5.93. The third-order valence-corrected chi connectivity index (χ3v) is 2.72. The Bertz CT molecular complexity index is 265. The van der Waals surface area contributed by atoms with Crippen LogP contribution in [0.1, 0.15) is 44.9 Å². The molecule has 0 unspecified atom stereocenters. The zero-order valence-corrected chi connectivity index (χ0v) is 9.48. The molecule has 0 heterocycles. The van der Waals surface area contributed by atoms with Gasteiger partial charge in [-0.25, -0.2) is 4.79 Å². The molecular weight excluding hydrogens is 206 g/mol. The minimum atomic E-state index is -0.630. The molecule has 1 aliphatic rings. The van der Waals surface area contributed by atoms with E-state index in [9.17, 15) is 9.59 Å². The number of carbonyl (C=O) groups excluding carboxylic acids is 2. The lowest BCUT2D eigenvalue weighted by molar-refractivity contribution is -0.144. The third-order valence-electron chi connectivity index (χ3n) is 2.72. The SMILES string of the molecule is NC(=O)/C=C\C(=O)OC1CCCCCCC1. The lowest BCUT2D eigenvalue weighted by Gasteiger charge is -2.19. The summed E-state index contributed by atoms with van der Waals surface area (Å²) in [6.07, 6.45) is 9.91. The van der Waals surface area contributed by atoms with E-state index >= 15 is 0 Å². The molecule has 2 N–H and O–H groups in total. The third kappa shape index (κ3) is 5.53. The summed E-state index contributed by atoms with van der Waals surface area (Å²) in [5.74, 6) is -1.10. The fourth-order valence-corrected chi connectivity index (χ4v) is 1.89. The first kappa shape index (κ1) is 12.7. The Morgan fingerprint density at radius 1 is 1.00 bits per heavy atom. The van der Waals surface area contributed by atoms with Crippen molar-refractivity contribution in [3.8, 4) is 0 Å². The van der Waals surface area contributed by atoms with Gasteiger partial charge in [-0.3, -0.25) is 4.79 Å². The van der Waals surface area contributed by atoms with Crippen LogP contribution in [-0.2, 0) is 14.3 Å². The van der Waals surface area contributed by atoms with E-state index < -0.39 is 11.9 Å². The monoisotopic (exact) mass is 225 g/mol. The maximum absolute atomic E-state index is 11.3. The van der Waals surface area contributed by atoms with E-state index in [1.807, 2.05) is 0 Å². The number of esters is 1. The van der Waals surface area contributed by atoms with Crippen LogP contribution in [0.3, 0.4) is 0 Å². The Morgan fingerprint density at radius 2 is 1.56 bits per heavy atom. The minimum absolute atomic E-state index is 0.00493. The average Bonchev–Trinajstić information content (AvgIpc) is 2.19. The molecule has 1 aliphatic carbocycles. The zero-order chi connectivity index (χ0) is 11.8. The molecule has 0 bridgehead atoms. The van der Waals surface area contributed by atoms with E-state index in [4.69, 9.17) is 10.5 Å². The van der Waals surface area contributed by atoms with Gasteiger partial charge in [-0.05, 0) is 25.7 Å². The van der Waals surface area contributed by atoms with Crippen molar-refractivity contribution in [2.45, 2.75) is 51.0 Å². The molecule has 0 spiro atoms. The van der Waals surface area contributed by atoms with Crippen molar-refractivity contribution in [3.05, 3.63) is 12.2 Å². The lowest BCUT2D eigenvalue weighted by Crippen LogP contribution is -2.18. The highest BCUT2D eigenvalue weighted by Crippen LogP contribution is 2.19. The van der Waals surface area contributed by atoms with Crippen LogP contribution in [0.2, 0.25) is 0 Å². The molecule has 16 heavy (non-hydrogen) atoms. The number of hydrogen-bond donors (Lipinski definition) is 1. The maximum Gasteiger partial charge on any atom is 0.331 e. The van der Waals surface area contributed by atoms with Gasteiger partial charge in [0.25, 0.3) is 0 Å².